The number of benzene rings is 1. The minimum absolute atomic E-state index is 0.0351. The van der Waals surface area contributed by atoms with Crippen molar-refractivity contribution in [2.45, 2.75) is 26.3 Å². The van der Waals surface area contributed by atoms with Crippen LogP contribution in [0.5, 0.6) is 5.75 Å². The summed E-state index contributed by atoms with van der Waals surface area (Å²) in [6, 6.07) is 9.35. The lowest BCUT2D eigenvalue weighted by Gasteiger charge is -2.28. The summed E-state index contributed by atoms with van der Waals surface area (Å²) in [4.78, 5) is 13.9. The minimum atomic E-state index is -0.852. The second kappa shape index (κ2) is 8.76. The zero-order chi connectivity index (χ0) is 17.5. The number of hydrogen-bond acceptors (Lipinski definition) is 4. The standard InChI is InChI=1S/C17H24ClN3O2/c1-13(2)17(3,12-19)20-16(22)11-21(4)8-9-23-15-7-5-6-14(18)10-15/h5-7,10,13H,8-9,11H2,1-4H3,(H,20,22). The van der Waals surface area contributed by atoms with Gasteiger partial charge in [-0.15, -0.1) is 0 Å². The zero-order valence-electron chi connectivity index (χ0n) is 14.1. The first-order valence-electron chi connectivity index (χ1n) is 7.56. The summed E-state index contributed by atoms with van der Waals surface area (Å²) < 4.78 is 5.59. The van der Waals surface area contributed by atoms with Gasteiger partial charge in [-0.25, -0.2) is 0 Å². The predicted molar refractivity (Wildman–Crippen MR) is 91.4 cm³/mol. The zero-order valence-corrected chi connectivity index (χ0v) is 14.9. The van der Waals surface area contributed by atoms with Gasteiger partial charge in [-0.05, 0) is 38.1 Å². The van der Waals surface area contributed by atoms with Crippen LogP contribution in [-0.2, 0) is 4.79 Å². The SMILES string of the molecule is CC(C)C(C)(C#N)NC(=O)CN(C)CCOc1cccc(Cl)c1. The van der Waals surface area contributed by atoms with Gasteiger partial charge in [0.15, 0.2) is 0 Å². The fourth-order valence-electron chi connectivity index (χ4n) is 1.83. The minimum Gasteiger partial charge on any atom is -0.492 e. The Labute approximate surface area is 143 Å². The summed E-state index contributed by atoms with van der Waals surface area (Å²) >= 11 is 5.89. The Morgan fingerprint density at radius 3 is 2.78 bits per heavy atom. The third-order valence-electron chi connectivity index (χ3n) is 3.74. The van der Waals surface area contributed by atoms with Gasteiger partial charge in [-0.2, -0.15) is 5.26 Å². The van der Waals surface area contributed by atoms with Gasteiger partial charge in [-0.1, -0.05) is 31.5 Å². The molecule has 0 aromatic heterocycles. The molecule has 1 aromatic carbocycles. The van der Waals surface area contributed by atoms with Crippen LogP contribution < -0.4 is 10.1 Å². The molecule has 1 unspecified atom stereocenters. The molecule has 0 aliphatic carbocycles. The molecule has 0 heterocycles. The monoisotopic (exact) mass is 337 g/mol. The normalized spacial score (nSPS) is 13.5. The van der Waals surface area contributed by atoms with Crippen LogP contribution >= 0.6 is 11.6 Å². The topological polar surface area (TPSA) is 65.4 Å². The lowest BCUT2D eigenvalue weighted by molar-refractivity contribution is -0.123. The van der Waals surface area contributed by atoms with E-state index < -0.39 is 5.54 Å². The van der Waals surface area contributed by atoms with E-state index in [2.05, 4.69) is 11.4 Å². The molecular weight excluding hydrogens is 314 g/mol. The molecule has 0 fully saturated rings. The van der Waals surface area contributed by atoms with Crippen molar-refractivity contribution in [2.24, 2.45) is 5.92 Å². The molecule has 1 amide bonds. The molecule has 0 saturated carbocycles. The van der Waals surface area contributed by atoms with Crippen LogP contribution in [0.2, 0.25) is 5.02 Å². The van der Waals surface area contributed by atoms with Gasteiger partial charge in [0.05, 0.1) is 12.6 Å². The van der Waals surface area contributed by atoms with Crippen LogP contribution in [0.15, 0.2) is 24.3 Å². The van der Waals surface area contributed by atoms with Gasteiger partial charge in [0.2, 0.25) is 5.91 Å². The number of hydrogen-bond donors (Lipinski definition) is 1. The molecule has 23 heavy (non-hydrogen) atoms. The van der Waals surface area contributed by atoms with E-state index in [-0.39, 0.29) is 18.4 Å². The number of carbonyl (C=O) groups excluding carboxylic acids is 1. The Balaban J connectivity index is 2.37. The first kappa shape index (κ1) is 19.3. The summed E-state index contributed by atoms with van der Waals surface area (Å²) in [7, 11) is 1.83. The fourth-order valence-corrected chi connectivity index (χ4v) is 2.01. The maximum atomic E-state index is 12.0. The Bertz CT molecular complexity index is 571. The smallest absolute Gasteiger partial charge is 0.235 e. The van der Waals surface area contributed by atoms with Gasteiger partial charge in [0.1, 0.15) is 17.9 Å². The summed E-state index contributed by atoms with van der Waals surface area (Å²) in [5.41, 5.74) is -0.852. The van der Waals surface area contributed by atoms with Crippen molar-refractivity contribution in [3.8, 4) is 11.8 Å². The largest absolute Gasteiger partial charge is 0.492 e. The van der Waals surface area contributed by atoms with E-state index in [4.69, 9.17) is 16.3 Å². The molecule has 1 rings (SSSR count). The van der Waals surface area contributed by atoms with Crippen molar-refractivity contribution in [2.75, 3.05) is 26.7 Å². The number of halogens is 1. The predicted octanol–water partition coefficient (Wildman–Crippen LogP) is 2.71. The molecular formula is C17H24ClN3O2. The van der Waals surface area contributed by atoms with E-state index in [9.17, 15) is 10.1 Å². The van der Waals surface area contributed by atoms with E-state index >= 15 is 0 Å². The summed E-state index contributed by atoms with van der Waals surface area (Å²) in [5.74, 6) is 0.563. The van der Waals surface area contributed by atoms with Crippen LogP contribution in [0, 0.1) is 17.2 Å². The van der Waals surface area contributed by atoms with Crippen LogP contribution in [0.25, 0.3) is 0 Å². The molecule has 0 aliphatic rings. The first-order chi connectivity index (χ1) is 10.8. The second-order valence-corrected chi connectivity index (χ2v) is 6.50. The van der Waals surface area contributed by atoms with Crippen molar-refractivity contribution in [3.05, 3.63) is 29.3 Å². The van der Waals surface area contributed by atoms with Crippen LogP contribution in [0.1, 0.15) is 20.8 Å². The van der Waals surface area contributed by atoms with Crippen LogP contribution in [-0.4, -0.2) is 43.1 Å². The highest BCUT2D eigenvalue weighted by molar-refractivity contribution is 6.30. The number of ether oxygens (including phenoxy) is 1. The van der Waals surface area contributed by atoms with E-state index in [0.717, 1.165) is 0 Å². The van der Waals surface area contributed by atoms with Crippen molar-refractivity contribution in [1.29, 1.82) is 5.26 Å². The van der Waals surface area contributed by atoms with Crippen molar-refractivity contribution in [3.63, 3.8) is 0 Å². The van der Waals surface area contributed by atoms with E-state index in [1.165, 1.54) is 0 Å². The average molecular weight is 338 g/mol. The quantitative estimate of drug-likeness (QED) is 0.792. The summed E-state index contributed by atoms with van der Waals surface area (Å²) in [5, 5.41) is 12.6. The van der Waals surface area contributed by atoms with Gasteiger partial charge >= 0.3 is 0 Å². The lowest BCUT2D eigenvalue weighted by Crippen LogP contribution is -2.51. The summed E-state index contributed by atoms with van der Waals surface area (Å²) in [6.07, 6.45) is 0. The number of nitriles is 1. The molecule has 1 N–H and O–H groups in total. The van der Waals surface area contributed by atoms with Gasteiger partial charge in [-0.3, -0.25) is 9.69 Å². The van der Waals surface area contributed by atoms with Crippen molar-refractivity contribution >= 4 is 17.5 Å². The molecule has 0 radical (unpaired) electrons. The van der Waals surface area contributed by atoms with Crippen LogP contribution in [0.3, 0.4) is 0 Å². The van der Waals surface area contributed by atoms with Crippen LogP contribution in [0.4, 0.5) is 0 Å². The third kappa shape index (κ3) is 6.47. The maximum absolute atomic E-state index is 12.0. The number of rotatable bonds is 8. The fraction of sp³-hybridized carbons (Fsp3) is 0.529. The third-order valence-corrected chi connectivity index (χ3v) is 3.97. The van der Waals surface area contributed by atoms with Gasteiger partial charge < -0.3 is 10.1 Å². The van der Waals surface area contributed by atoms with E-state index in [1.807, 2.05) is 37.9 Å². The van der Waals surface area contributed by atoms with Crippen molar-refractivity contribution < 1.29 is 9.53 Å². The summed E-state index contributed by atoms with van der Waals surface area (Å²) in [6.45, 7) is 6.80. The van der Waals surface area contributed by atoms with Gasteiger partial charge in [0.25, 0.3) is 0 Å². The molecule has 0 aliphatic heterocycles. The van der Waals surface area contributed by atoms with Gasteiger partial charge in [0, 0.05) is 11.6 Å². The first-order valence-corrected chi connectivity index (χ1v) is 7.94. The molecule has 0 saturated heterocycles. The highest BCUT2D eigenvalue weighted by atomic mass is 35.5. The maximum Gasteiger partial charge on any atom is 0.235 e. The Morgan fingerprint density at radius 1 is 1.52 bits per heavy atom. The number of likely N-dealkylation sites (N-methyl/N-ethyl adjacent to an activating group) is 1. The van der Waals surface area contributed by atoms with Crippen molar-refractivity contribution in [1.82, 2.24) is 10.2 Å². The number of carbonyl (C=O) groups is 1. The Kier molecular flexibility index (Phi) is 7.34. The molecule has 5 nitrogen and oxygen atoms in total. The lowest BCUT2D eigenvalue weighted by atomic mass is 9.90. The molecule has 0 spiro atoms. The molecule has 1 aromatic rings. The van der Waals surface area contributed by atoms with E-state index in [1.54, 1.807) is 19.1 Å². The molecule has 1 atom stereocenters. The average Bonchev–Trinajstić information content (AvgIpc) is 2.46. The Morgan fingerprint density at radius 2 is 2.22 bits per heavy atom. The van der Waals surface area contributed by atoms with E-state index in [0.29, 0.717) is 23.9 Å². The number of amides is 1. The Hall–Kier alpha value is -1.77. The highest BCUT2D eigenvalue weighted by Crippen LogP contribution is 2.17. The number of nitrogens with zero attached hydrogens (tertiary/aromatic N) is 2. The molecule has 0 bridgehead atoms. The number of nitrogens with one attached hydrogen (secondary N) is 1. The molecule has 6 heteroatoms. The highest BCUT2D eigenvalue weighted by Gasteiger charge is 2.30. The second-order valence-electron chi connectivity index (χ2n) is 6.06. The molecule has 126 valence electrons.